The summed E-state index contributed by atoms with van der Waals surface area (Å²) in [5.41, 5.74) is 0. The zero-order valence-corrected chi connectivity index (χ0v) is 10.9. The Morgan fingerprint density at radius 2 is 2.28 bits per heavy atom. The monoisotopic (exact) mass is 258 g/mol. The summed E-state index contributed by atoms with van der Waals surface area (Å²) in [5, 5.41) is 11.2. The van der Waals surface area contributed by atoms with Crippen molar-refractivity contribution in [1.29, 1.82) is 0 Å². The van der Waals surface area contributed by atoms with E-state index in [1.54, 1.807) is 4.90 Å². The van der Waals surface area contributed by atoms with Gasteiger partial charge in [-0.15, -0.1) is 0 Å². The summed E-state index contributed by atoms with van der Waals surface area (Å²) < 4.78 is 5.59. The fourth-order valence-electron chi connectivity index (χ4n) is 1.87. The van der Waals surface area contributed by atoms with E-state index in [4.69, 9.17) is 9.84 Å². The maximum absolute atomic E-state index is 11.9. The second-order valence-electron chi connectivity index (χ2n) is 4.43. The molecule has 1 atom stereocenters. The van der Waals surface area contributed by atoms with E-state index in [1.807, 2.05) is 6.92 Å². The molecule has 0 spiro atoms. The molecule has 1 fully saturated rings. The number of nitrogens with zero attached hydrogens (tertiary/aromatic N) is 1. The van der Waals surface area contributed by atoms with E-state index < -0.39 is 5.97 Å². The van der Waals surface area contributed by atoms with Gasteiger partial charge in [-0.25, -0.2) is 4.79 Å². The van der Waals surface area contributed by atoms with Gasteiger partial charge in [-0.1, -0.05) is 6.92 Å². The first-order chi connectivity index (χ1) is 8.63. The van der Waals surface area contributed by atoms with Crippen molar-refractivity contribution < 1.29 is 19.4 Å². The highest BCUT2D eigenvalue weighted by atomic mass is 16.5. The lowest BCUT2D eigenvalue weighted by atomic mass is 10.2. The Hall–Kier alpha value is -1.30. The summed E-state index contributed by atoms with van der Waals surface area (Å²) in [7, 11) is 0. The lowest BCUT2D eigenvalue weighted by Crippen LogP contribution is -2.43. The number of carbonyl (C=O) groups excluding carboxylic acids is 1. The molecule has 104 valence electrons. The van der Waals surface area contributed by atoms with Crippen LogP contribution in [0.2, 0.25) is 0 Å². The summed E-state index contributed by atoms with van der Waals surface area (Å²) in [4.78, 5) is 24.0. The van der Waals surface area contributed by atoms with E-state index in [9.17, 15) is 9.59 Å². The first-order valence-electron chi connectivity index (χ1n) is 6.49. The minimum absolute atomic E-state index is 0.0843. The smallest absolute Gasteiger partial charge is 0.317 e. The number of amides is 2. The van der Waals surface area contributed by atoms with Crippen molar-refractivity contribution in [3.8, 4) is 0 Å². The van der Waals surface area contributed by atoms with Gasteiger partial charge in [-0.3, -0.25) is 4.79 Å². The fourth-order valence-corrected chi connectivity index (χ4v) is 1.87. The Balaban J connectivity index is 2.28. The molecule has 6 heteroatoms. The average molecular weight is 258 g/mol. The van der Waals surface area contributed by atoms with Crippen LogP contribution in [0.3, 0.4) is 0 Å². The second-order valence-corrected chi connectivity index (χ2v) is 4.43. The van der Waals surface area contributed by atoms with E-state index in [0.29, 0.717) is 32.7 Å². The first-order valence-corrected chi connectivity index (χ1v) is 6.49. The number of nitrogens with one attached hydrogen (secondary N) is 1. The standard InChI is InChI=1S/C12H22N2O4/c1-2-10-9-14(7-4-8-18-10)12(17)13-6-3-5-11(15)16/h10H,2-9H2,1H3,(H,13,17)(H,15,16). The number of ether oxygens (including phenoxy) is 1. The van der Waals surface area contributed by atoms with Crippen molar-refractivity contribution in [2.24, 2.45) is 0 Å². The fraction of sp³-hybridized carbons (Fsp3) is 0.833. The molecule has 0 radical (unpaired) electrons. The minimum Gasteiger partial charge on any atom is -0.481 e. The van der Waals surface area contributed by atoms with E-state index in [0.717, 1.165) is 12.8 Å². The van der Waals surface area contributed by atoms with Gasteiger partial charge >= 0.3 is 12.0 Å². The highest BCUT2D eigenvalue weighted by Crippen LogP contribution is 2.08. The van der Waals surface area contributed by atoms with Crippen LogP contribution in [0.4, 0.5) is 4.79 Å². The molecule has 2 N–H and O–H groups in total. The molecule has 0 aromatic carbocycles. The van der Waals surface area contributed by atoms with Gasteiger partial charge in [0, 0.05) is 32.7 Å². The van der Waals surface area contributed by atoms with Gasteiger partial charge in [0.25, 0.3) is 0 Å². The lowest BCUT2D eigenvalue weighted by Gasteiger charge is -2.23. The van der Waals surface area contributed by atoms with Crippen molar-refractivity contribution in [2.75, 3.05) is 26.2 Å². The molecule has 0 bridgehead atoms. The number of carbonyl (C=O) groups is 2. The van der Waals surface area contributed by atoms with E-state index in [2.05, 4.69) is 5.32 Å². The minimum atomic E-state index is -0.835. The van der Waals surface area contributed by atoms with Crippen LogP contribution in [0, 0.1) is 0 Å². The Bertz CT molecular complexity index is 283. The third-order valence-corrected chi connectivity index (χ3v) is 2.94. The van der Waals surface area contributed by atoms with Crippen molar-refractivity contribution in [3.63, 3.8) is 0 Å². The topological polar surface area (TPSA) is 78.9 Å². The largest absolute Gasteiger partial charge is 0.481 e. The van der Waals surface area contributed by atoms with Crippen LogP contribution in [0.5, 0.6) is 0 Å². The summed E-state index contributed by atoms with van der Waals surface area (Å²) in [5.74, 6) is -0.835. The molecule has 18 heavy (non-hydrogen) atoms. The number of carboxylic acid groups (broad SMARTS) is 1. The molecule has 1 heterocycles. The summed E-state index contributed by atoms with van der Waals surface area (Å²) in [6.45, 7) is 4.45. The van der Waals surface area contributed by atoms with Crippen molar-refractivity contribution >= 4 is 12.0 Å². The lowest BCUT2D eigenvalue weighted by molar-refractivity contribution is -0.137. The van der Waals surface area contributed by atoms with Gasteiger partial charge in [0.05, 0.1) is 6.10 Å². The molecule has 0 saturated carbocycles. The van der Waals surface area contributed by atoms with Gasteiger partial charge < -0.3 is 20.1 Å². The molecule has 0 aromatic heterocycles. The van der Waals surface area contributed by atoms with Gasteiger partial charge in [0.2, 0.25) is 0 Å². The summed E-state index contributed by atoms with van der Waals surface area (Å²) >= 11 is 0. The molecule has 1 aliphatic heterocycles. The number of urea groups is 1. The van der Waals surface area contributed by atoms with Gasteiger partial charge in [0.15, 0.2) is 0 Å². The van der Waals surface area contributed by atoms with Crippen LogP contribution >= 0.6 is 0 Å². The van der Waals surface area contributed by atoms with Crippen LogP contribution in [0.25, 0.3) is 0 Å². The zero-order chi connectivity index (χ0) is 13.4. The Morgan fingerprint density at radius 3 is 2.94 bits per heavy atom. The maximum atomic E-state index is 11.9. The SMILES string of the molecule is CCC1CN(C(=O)NCCCC(=O)O)CCCO1. The molecule has 6 nitrogen and oxygen atoms in total. The predicted octanol–water partition coefficient (Wildman–Crippen LogP) is 1.06. The number of hydrogen-bond acceptors (Lipinski definition) is 3. The molecule has 1 unspecified atom stereocenters. The maximum Gasteiger partial charge on any atom is 0.317 e. The molecule has 1 rings (SSSR count). The number of rotatable bonds is 5. The average Bonchev–Trinajstić information content (AvgIpc) is 2.59. The van der Waals surface area contributed by atoms with E-state index in [-0.39, 0.29) is 18.6 Å². The van der Waals surface area contributed by atoms with Crippen LogP contribution < -0.4 is 5.32 Å². The highest BCUT2D eigenvalue weighted by Gasteiger charge is 2.20. The van der Waals surface area contributed by atoms with E-state index >= 15 is 0 Å². The van der Waals surface area contributed by atoms with E-state index in [1.165, 1.54) is 0 Å². The molecule has 0 aliphatic carbocycles. The second kappa shape index (κ2) is 7.92. The van der Waals surface area contributed by atoms with Crippen LogP contribution in [-0.4, -0.2) is 54.4 Å². The number of hydrogen-bond donors (Lipinski definition) is 2. The molecule has 1 saturated heterocycles. The molecular weight excluding hydrogens is 236 g/mol. The third kappa shape index (κ3) is 5.35. The summed E-state index contributed by atoms with van der Waals surface area (Å²) in [6, 6.07) is -0.121. The summed E-state index contributed by atoms with van der Waals surface area (Å²) in [6.07, 6.45) is 2.39. The van der Waals surface area contributed by atoms with Gasteiger partial charge in [-0.2, -0.15) is 0 Å². The molecule has 0 aromatic rings. The number of aliphatic carboxylic acids is 1. The normalized spacial score (nSPS) is 20.3. The number of carboxylic acids is 1. The zero-order valence-electron chi connectivity index (χ0n) is 10.9. The Labute approximate surface area is 107 Å². The van der Waals surface area contributed by atoms with Crippen LogP contribution in [0.1, 0.15) is 32.6 Å². The highest BCUT2D eigenvalue weighted by molar-refractivity contribution is 5.74. The third-order valence-electron chi connectivity index (χ3n) is 2.94. The Morgan fingerprint density at radius 1 is 1.50 bits per heavy atom. The van der Waals surface area contributed by atoms with Crippen LogP contribution in [0.15, 0.2) is 0 Å². The molecule has 1 aliphatic rings. The van der Waals surface area contributed by atoms with Gasteiger partial charge in [0.1, 0.15) is 0 Å². The molecular formula is C12H22N2O4. The van der Waals surface area contributed by atoms with Gasteiger partial charge in [-0.05, 0) is 19.3 Å². The van der Waals surface area contributed by atoms with Crippen molar-refractivity contribution in [2.45, 2.75) is 38.7 Å². The predicted molar refractivity (Wildman–Crippen MR) is 66.5 cm³/mol. The first kappa shape index (κ1) is 14.8. The quantitative estimate of drug-likeness (QED) is 0.723. The van der Waals surface area contributed by atoms with Crippen LogP contribution in [-0.2, 0) is 9.53 Å². The van der Waals surface area contributed by atoms with Crippen molar-refractivity contribution in [1.82, 2.24) is 10.2 Å². The molecule has 2 amide bonds. The van der Waals surface area contributed by atoms with Crippen molar-refractivity contribution in [3.05, 3.63) is 0 Å². The Kier molecular flexibility index (Phi) is 6.49.